The summed E-state index contributed by atoms with van der Waals surface area (Å²) in [7, 11) is 0. The van der Waals surface area contributed by atoms with Crippen LogP contribution in [0.15, 0.2) is 18.2 Å². The first-order valence-corrected chi connectivity index (χ1v) is 4.09. The van der Waals surface area contributed by atoms with Crippen molar-refractivity contribution in [1.29, 1.82) is 0 Å². The Hall–Kier alpha value is -1.22. The van der Waals surface area contributed by atoms with E-state index < -0.39 is 0 Å². The van der Waals surface area contributed by atoms with E-state index in [-0.39, 0.29) is 0 Å². The zero-order valence-electron chi connectivity index (χ0n) is 6.84. The number of anilines is 1. The molecule has 1 heterocycles. The van der Waals surface area contributed by atoms with Gasteiger partial charge in [0, 0.05) is 24.3 Å². The van der Waals surface area contributed by atoms with Crippen molar-refractivity contribution < 1.29 is 4.74 Å². The lowest BCUT2D eigenvalue weighted by Gasteiger charge is -2.07. The highest BCUT2D eigenvalue weighted by atomic mass is 16.5. The van der Waals surface area contributed by atoms with Gasteiger partial charge in [-0.15, -0.1) is 0 Å². The number of fused-ring (bicyclic) bond motifs is 1. The quantitative estimate of drug-likeness (QED) is 0.556. The molecule has 0 saturated heterocycles. The molecule has 3 N–H and O–H groups in total. The van der Waals surface area contributed by atoms with Crippen LogP contribution in [0.1, 0.15) is 5.56 Å². The van der Waals surface area contributed by atoms with Crippen molar-refractivity contribution in [2.45, 2.75) is 6.54 Å². The Morgan fingerprint density at radius 2 is 2.33 bits per heavy atom. The zero-order chi connectivity index (χ0) is 8.39. The van der Waals surface area contributed by atoms with Crippen molar-refractivity contribution in [3.05, 3.63) is 23.8 Å². The van der Waals surface area contributed by atoms with E-state index in [9.17, 15) is 0 Å². The topological polar surface area (TPSA) is 47.3 Å². The van der Waals surface area contributed by atoms with Crippen molar-refractivity contribution >= 4 is 5.69 Å². The van der Waals surface area contributed by atoms with Gasteiger partial charge >= 0.3 is 0 Å². The second kappa shape index (κ2) is 3.03. The smallest absolute Gasteiger partial charge is 0.125 e. The molecule has 0 radical (unpaired) electrons. The van der Waals surface area contributed by atoms with E-state index in [1.165, 1.54) is 0 Å². The van der Waals surface area contributed by atoms with Gasteiger partial charge in [-0.2, -0.15) is 0 Å². The molecule has 0 bridgehead atoms. The molecule has 64 valence electrons. The number of hydrogen-bond acceptors (Lipinski definition) is 3. The molecule has 3 heteroatoms. The molecule has 1 aromatic rings. The van der Waals surface area contributed by atoms with E-state index in [0.29, 0.717) is 0 Å². The van der Waals surface area contributed by atoms with Crippen LogP contribution < -0.4 is 15.8 Å². The van der Waals surface area contributed by atoms with Gasteiger partial charge in [0.2, 0.25) is 0 Å². The molecule has 0 aliphatic carbocycles. The molecule has 0 aromatic heterocycles. The van der Waals surface area contributed by atoms with Crippen LogP contribution in [-0.4, -0.2) is 13.2 Å². The van der Waals surface area contributed by atoms with E-state index in [2.05, 4.69) is 5.32 Å². The van der Waals surface area contributed by atoms with Crippen LogP contribution in [0.4, 0.5) is 5.69 Å². The maximum atomic E-state index is 5.79. The zero-order valence-corrected chi connectivity index (χ0v) is 6.84. The standard InChI is InChI=1S/C9H12N2O/c10-8-2-1-3-9-7(8)6-11-4-5-12-9/h1-3,11H,4-6,10H2. The first kappa shape index (κ1) is 7.43. The SMILES string of the molecule is Nc1cccc2c1CNCCO2. The third kappa shape index (κ3) is 1.23. The monoisotopic (exact) mass is 164 g/mol. The lowest BCUT2D eigenvalue weighted by atomic mass is 10.1. The largest absolute Gasteiger partial charge is 0.492 e. The van der Waals surface area contributed by atoms with Crippen LogP contribution in [0.2, 0.25) is 0 Å². The van der Waals surface area contributed by atoms with E-state index in [1.807, 2.05) is 18.2 Å². The lowest BCUT2D eigenvalue weighted by Crippen LogP contribution is -2.16. The summed E-state index contributed by atoms with van der Waals surface area (Å²) in [6.45, 7) is 2.41. The summed E-state index contributed by atoms with van der Waals surface area (Å²) in [5.74, 6) is 0.917. The van der Waals surface area contributed by atoms with Gasteiger partial charge in [-0.05, 0) is 12.1 Å². The van der Waals surface area contributed by atoms with Crippen LogP contribution in [0.3, 0.4) is 0 Å². The Labute approximate surface area is 71.5 Å². The first-order chi connectivity index (χ1) is 5.88. The summed E-state index contributed by atoms with van der Waals surface area (Å²) in [6, 6.07) is 5.77. The van der Waals surface area contributed by atoms with Gasteiger partial charge in [0.25, 0.3) is 0 Å². The number of nitrogens with two attached hydrogens (primary N) is 1. The molecule has 0 atom stereocenters. The second-order valence-corrected chi connectivity index (χ2v) is 2.85. The van der Waals surface area contributed by atoms with Crippen LogP contribution in [0.25, 0.3) is 0 Å². The molecule has 2 rings (SSSR count). The van der Waals surface area contributed by atoms with Crippen LogP contribution >= 0.6 is 0 Å². The van der Waals surface area contributed by atoms with Crippen molar-refractivity contribution in [2.24, 2.45) is 0 Å². The minimum Gasteiger partial charge on any atom is -0.492 e. The summed E-state index contributed by atoms with van der Waals surface area (Å²) < 4.78 is 5.49. The molecule has 1 aromatic carbocycles. The average Bonchev–Trinajstić information content (AvgIpc) is 2.30. The van der Waals surface area contributed by atoms with Gasteiger partial charge in [-0.3, -0.25) is 0 Å². The molecule has 1 aliphatic rings. The second-order valence-electron chi connectivity index (χ2n) is 2.85. The predicted molar refractivity (Wildman–Crippen MR) is 48.1 cm³/mol. The normalized spacial score (nSPS) is 16.0. The Bertz CT molecular complexity index is 286. The summed E-state index contributed by atoms with van der Waals surface area (Å²) in [4.78, 5) is 0. The van der Waals surface area contributed by atoms with E-state index >= 15 is 0 Å². The summed E-state index contributed by atoms with van der Waals surface area (Å²) in [5.41, 5.74) is 7.68. The average molecular weight is 164 g/mol. The molecule has 0 amide bonds. The van der Waals surface area contributed by atoms with E-state index in [0.717, 1.165) is 36.7 Å². The minimum absolute atomic E-state index is 0.719. The molecule has 0 saturated carbocycles. The molecule has 0 fully saturated rings. The van der Waals surface area contributed by atoms with Gasteiger partial charge in [-0.25, -0.2) is 0 Å². The van der Waals surface area contributed by atoms with Crippen LogP contribution in [0.5, 0.6) is 5.75 Å². The number of nitrogens with one attached hydrogen (secondary N) is 1. The van der Waals surface area contributed by atoms with Crippen molar-refractivity contribution in [3.8, 4) is 5.75 Å². The molecule has 3 nitrogen and oxygen atoms in total. The molecule has 0 spiro atoms. The van der Waals surface area contributed by atoms with Gasteiger partial charge in [0.05, 0.1) is 0 Å². The highest BCUT2D eigenvalue weighted by Gasteiger charge is 2.09. The Kier molecular flexibility index (Phi) is 1.87. The van der Waals surface area contributed by atoms with E-state index in [1.54, 1.807) is 0 Å². The number of nitrogen functional groups attached to an aromatic ring is 1. The van der Waals surface area contributed by atoms with Crippen molar-refractivity contribution in [2.75, 3.05) is 18.9 Å². The Morgan fingerprint density at radius 3 is 3.25 bits per heavy atom. The minimum atomic E-state index is 0.719. The van der Waals surface area contributed by atoms with Crippen molar-refractivity contribution in [3.63, 3.8) is 0 Å². The van der Waals surface area contributed by atoms with Gasteiger partial charge < -0.3 is 15.8 Å². The molecular weight excluding hydrogens is 152 g/mol. The van der Waals surface area contributed by atoms with Crippen LogP contribution in [-0.2, 0) is 6.54 Å². The fourth-order valence-electron chi connectivity index (χ4n) is 1.35. The molecular formula is C9H12N2O. The highest BCUT2D eigenvalue weighted by Crippen LogP contribution is 2.25. The molecule has 0 unspecified atom stereocenters. The Balaban J connectivity index is 2.42. The third-order valence-corrected chi connectivity index (χ3v) is 2.01. The fourth-order valence-corrected chi connectivity index (χ4v) is 1.35. The van der Waals surface area contributed by atoms with Crippen molar-refractivity contribution in [1.82, 2.24) is 5.32 Å². The number of hydrogen-bond donors (Lipinski definition) is 2. The van der Waals surface area contributed by atoms with E-state index in [4.69, 9.17) is 10.5 Å². The number of rotatable bonds is 0. The first-order valence-electron chi connectivity index (χ1n) is 4.09. The maximum Gasteiger partial charge on any atom is 0.125 e. The third-order valence-electron chi connectivity index (χ3n) is 2.01. The molecule has 1 aliphatic heterocycles. The van der Waals surface area contributed by atoms with Gasteiger partial charge in [0.1, 0.15) is 12.4 Å². The molecule has 12 heavy (non-hydrogen) atoms. The summed E-state index contributed by atoms with van der Waals surface area (Å²) in [6.07, 6.45) is 0. The fraction of sp³-hybridized carbons (Fsp3) is 0.333. The maximum absolute atomic E-state index is 5.79. The number of ether oxygens (including phenoxy) is 1. The van der Waals surface area contributed by atoms with Gasteiger partial charge in [-0.1, -0.05) is 6.07 Å². The summed E-state index contributed by atoms with van der Waals surface area (Å²) >= 11 is 0. The van der Waals surface area contributed by atoms with Crippen LogP contribution in [0, 0.1) is 0 Å². The highest BCUT2D eigenvalue weighted by molar-refractivity contribution is 5.54. The summed E-state index contributed by atoms with van der Waals surface area (Å²) in [5, 5.41) is 3.24. The number of benzene rings is 1. The lowest BCUT2D eigenvalue weighted by molar-refractivity contribution is 0.326. The van der Waals surface area contributed by atoms with Gasteiger partial charge in [0.15, 0.2) is 0 Å². The Morgan fingerprint density at radius 1 is 1.42 bits per heavy atom. The predicted octanol–water partition coefficient (Wildman–Crippen LogP) is 0.751.